The molecule has 0 radical (unpaired) electrons. The Morgan fingerprint density at radius 1 is 1.37 bits per heavy atom. The molecular formula is C13H15ClN2O3. The summed E-state index contributed by atoms with van der Waals surface area (Å²) in [5.41, 5.74) is 0.874. The number of urea groups is 1. The summed E-state index contributed by atoms with van der Waals surface area (Å²) < 4.78 is 0. The van der Waals surface area contributed by atoms with Gasteiger partial charge in [-0.15, -0.1) is 0 Å². The number of carbonyl (C=O) groups is 2. The SMILES string of the molecule is O=C(O)CCCNC(=O)N/C=C/c1cccc(Cl)c1. The molecule has 0 aliphatic heterocycles. The average molecular weight is 283 g/mol. The van der Waals surface area contributed by atoms with Gasteiger partial charge in [-0.1, -0.05) is 23.7 Å². The number of hydrogen-bond acceptors (Lipinski definition) is 2. The first-order valence-corrected chi connectivity index (χ1v) is 6.14. The second kappa shape index (κ2) is 8.16. The minimum absolute atomic E-state index is 0.0403. The van der Waals surface area contributed by atoms with Crippen molar-refractivity contribution in [1.82, 2.24) is 10.6 Å². The molecule has 0 heterocycles. The fraction of sp³-hybridized carbons (Fsp3) is 0.231. The molecular weight excluding hydrogens is 268 g/mol. The molecule has 1 rings (SSSR count). The first-order valence-electron chi connectivity index (χ1n) is 5.76. The van der Waals surface area contributed by atoms with Gasteiger partial charge in [0.25, 0.3) is 0 Å². The van der Waals surface area contributed by atoms with Gasteiger partial charge in [0.05, 0.1) is 0 Å². The zero-order chi connectivity index (χ0) is 14.1. The molecule has 0 unspecified atom stereocenters. The van der Waals surface area contributed by atoms with E-state index in [1.165, 1.54) is 6.20 Å². The molecule has 0 spiro atoms. The van der Waals surface area contributed by atoms with E-state index in [1.807, 2.05) is 12.1 Å². The highest BCUT2D eigenvalue weighted by Gasteiger charge is 1.99. The van der Waals surface area contributed by atoms with E-state index in [1.54, 1.807) is 18.2 Å². The highest BCUT2D eigenvalue weighted by atomic mass is 35.5. The minimum Gasteiger partial charge on any atom is -0.481 e. The van der Waals surface area contributed by atoms with Gasteiger partial charge in [-0.2, -0.15) is 0 Å². The van der Waals surface area contributed by atoms with E-state index >= 15 is 0 Å². The number of nitrogens with one attached hydrogen (secondary N) is 2. The highest BCUT2D eigenvalue weighted by Crippen LogP contribution is 2.11. The van der Waals surface area contributed by atoms with Crippen LogP contribution in [-0.4, -0.2) is 23.7 Å². The molecule has 2 amide bonds. The van der Waals surface area contributed by atoms with Crippen molar-refractivity contribution in [3.63, 3.8) is 0 Å². The van der Waals surface area contributed by atoms with Crippen LogP contribution in [0.15, 0.2) is 30.5 Å². The van der Waals surface area contributed by atoms with Crippen LogP contribution in [0.3, 0.4) is 0 Å². The summed E-state index contributed by atoms with van der Waals surface area (Å²) in [6.07, 6.45) is 3.65. The second-order valence-electron chi connectivity index (χ2n) is 3.79. The third-order valence-corrected chi connectivity index (χ3v) is 2.43. The lowest BCUT2D eigenvalue weighted by molar-refractivity contribution is -0.137. The molecule has 0 saturated carbocycles. The van der Waals surface area contributed by atoms with Crippen LogP contribution >= 0.6 is 11.6 Å². The van der Waals surface area contributed by atoms with Crippen LogP contribution in [-0.2, 0) is 4.79 Å². The molecule has 0 atom stereocenters. The van der Waals surface area contributed by atoms with E-state index in [4.69, 9.17) is 16.7 Å². The first-order chi connectivity index (χ1) is 9.08. The normalized spacial score (nSPS) is 10.4. The molecule has 1 aromatic rings. The molecule has 0 aliphatic carbocycles. The van der Waals surface area contributed by atoms with Crippen molar-refractivity contribution in [2.45, 2.75) is 12.8 Å². The van der Waals surface area contributed by atoms with Crippen molar-refractivity contribution in [2.75, 3.05) is 6.54 Å². The van der Waals surface area contributed by atoms with Crippen molar-refractivity contribution in [1.29, 1.82) is 0 Å². The van der Waals surface area contributed by atoms with Gasteiger partial charge >= 0.3 is 12.0 Å². The molecule has 5 nitrogen and oxygen atoms in total. The molecule has 102 valence electrons. The van der Waals surface area contributed by atoms with E-state index in [0.29, 0.717) is 18.0 Å². The molecule has 3 N–H and O–H groups in total. The number of benzene rings is 1. The average Bonchev–Trinajstić information content (AvgIpc) is 2.34. The molecule has 0 aromatic heterocycles. The van der Waals surface area contributed by atoms with Gasteiger partial charge in [-0.3, -0.25) is 4.79 Å². The van der Waals surface area contributed by atoms with E-state index in [-0.39, 0.29) is 12.5 Å². The molecule has 6 heteroatoms. The summed E-state index contributed by atoms with van der Waals surface area (Å²) in [5.74, 6) is -0.872. The summed E-state index contributed by atoms with van der Waals surface area (Å²) in [6, 6.07) is 6.83. The molecule has 19 heavy (non-hydrogen) atoms. The Kier molecular flexibility index (Phi) is 6.46. The Morgan fingerprint density at radius 3 is 2.84 bits per heavy atom. The third-order valence-electron chi connectivity index (χ3n) is 2.19. The van der Waals surface area contributed by atoms with Gasteiger partial charge in [0.1, 0.15) is 0 Å². The fourth-order valence-corrected chi connectivity index (χ4v) is 1.52. The van der Waals surface area contributed by atoms with E-state index in [2.05, 4.69) is 10.6 Å². The maximum absolute atomic E-state index is 11.3. The monoisotopic (exact) mass is 282 g/mol. The highest BCUT2D eigenvalue weighted by molar-refractivity contribution is 6.30. The summed E-state index contributed by atoms with van der Waals surface area (Å²) in [7, 11) is 0. The minimum atomic E-state index is -0.872. The number of aliphatic carboxylic acids is 1. The zero-order valence-corrected chi connectivity index (χ0v) is 11.0. The number of amides is 2. The lowest BCUT2D eigenvalue weighted by atomic mass is 10.2. The van der Waals surface area contributed by atoms with Crippen LogP contribution in [0.1, 0.15) is 18.4 Å². The third kappa shape index (κ3) is 7.10. The van der Waals surface area contributed by atoms with Crippen molar-refractivity contribution in [3.8, 4) is 0 Å². The zero-order valence-electron chi connectivity index (χ0n) is 10.2. The van der Waals surface area contributed by atoms with Gasteiger partial charge in [0.15, 0.2) is 0 Å². The van der Waals surface area contributed by atoms with Crippen LogP contribution in [0.4, 0.5) is 4.79 Å². The van der Waals surface area contributed by atoms with E-state index < -0.39 is 5.97 Å². The molecule has 0 bridgehead atoms. The maximum atomic E-state index is 11.3. The van der Waals surface area contributed by atoms with Gasteiger partial charge in [0, 0.05) is 24.2 Å². The largest absolute Gasteiger partial charge is 0.481 e. The number of rotatable bonds is 6. The summed E-state index contributed by atoms with van der Waals surface area (Å²) in [4.78, 5) is 21.5. The van der Waals surface area contributed by atoms with Gasteiger partial charge < -0.3 is 15.7 Å². The Morgan fingerprint density at radius 2 is 2.16 bits per heavy atom. The topological polar surface area (TPSA) is 78.4 Å². The van der Waals surface area contributed by atoms with Crippen LogP contribution in [0.5, 0.6) is 0 Å². The van der Waals surface area contributed by atoms with Gasteiger partial charge in [-0.05, 0) is 30.2 Å². The number of hydrogen-bond donors (Lipinski definition) is 3. The van der Waals surface area contributed by atoms with Crippen molar-refractivity contribution < 1.29 is 14.7 Å². The van der Waals surface area contributed by atoms with Gasteiger partial charge in [0.2, 0.25) is 0 Å². The van der Waals surface area contributed by atoms with E-state index in [9.17, 15) is 9.59 Å². The Bertz CT molecular complexity index is 475. The van der Waals surface area contributed by atoms with Crippen molar-refractivity contribution in [2.24, 2.45) is 0 Å². The summed E-state index contributed by atoms with van der Waals surface area (Å²) in [6.45, 7) is 0.323. The van der Waals surface area contributed by atoms with Gasteiger partial charge in [-0.25, -0.2) is 4.79 Å². The van der Waals surface area contributed by atoms with Crippen LogP contribution < -0.4 is 10.6 Å². The smallest absolute Gasteiger partial charge is 0.318 e. The molecule has 0 fully saturated rings. The lowest BCUT2D eigenvalue weighted by Gasteiger charge is -2.03. The number of halogens is 1. The lowest BCUT2D eigenvalue weighted by Crippen LogP contribution is -2.32. The molecule has 1 aromatic carbocycles. The standard InChI is InChI=1S/C13H15ClN2O3/c14-11-4-1-3-10(9-11)6-8-16-13(19)15-7-2-5-12(17)18/h1,3-4,6,8-9H,2,5,7H2,(H,17,18)(H2,15,16,19)/b8-6+. The van der Waals surface area contributed by atoms with Crippen LogP contribution in [0.2, 0.25) is 5.02 Å². The van der Waals surface area contributed by atoms with Crippen LogP contribution in [0, 0.1) is 0 Å². The predicted molar refractivity (Wildman–Crippen MR) is 73.9 cm³/mol. The predicted octanol–water partition coefficient (Wildman–Crippen LogP) is 2.47. The Labute approximate surface area is 116 Å². The molecule has 0 aliphatic rings. The first kappa shape index (κ1) is 15.0. The molecule has 0 saturated heterocycles. The van der Waals surface area contributed by atoms with E-state index in [0.717, 1.165) is 5.56 Å². The maximum Gasteiger partial charge on any atom is 0.318 e. The van der Waals surface area contributed by atoms with Crippen molar-refractivity contribution >= 4 is 29.7 Å². The second-order valence-corrected chi connectivity index (χ2v) is 4.22. The summed E-state index contributed by atoms with van der Waals surface area (Å²) in [5, 5.41) is 14.1. The Hall–Kier alpha value is -2.01. The van der Waals surface area contributed by atoms with Crippen LogP contribution in [0.25, 0.3) is 6.08 Å². The number of carbonyl (C=O) groups excluding carboxylic acids is 1. The Balaban J connectivity index is 2.24. The number of carboxylic acid groups (broad SMARTS) is 1. The number of carboxylic acids is 1. The quantitative estimate of drug-likeness (QED) is 0.701. The summed E-state index contributed by atoms with van der Waals surface area (Å²) >= 11 is 5.81. The van der Waals surface area contributed by atoms with Crippen molar-refractivity contribution in [3.05, 3.63) is 41.1 Å². The fourth-order valence-electron chi connectivity index (χ4n) is 1.32.